The molecule has 1 saturated carbocycles. The highest BCUT2D eigenvalue weighted by atomic mass is 79.9. The Hall–Kier alpha value is -0.100. The van der Waals surface area contributed by atoms with Gasteiger partial charge in [-0.3, -0.25) is 4.79 Å². The van der Waals surface area contributed by atoms with E-state index in [1.54, 1.807) is 0 Å². The fourth-order valence-electron chi connectivity index (χ4n) is 1.45. The lowest BCUT2D eigenvalue weighted by Gasteiger charge is -2.13. The Kier molecular flexibility index (Phi) is 3.89. The number of rotatable bonds is 5. The lowest BCUT2D eigenvalue weighted by Crippen LogP contribution is -2.34. The molecule has 0 bridgehead atoms. The molecule has 1 aliphatic rings. The summed E-state index contributed by atoms with van der Waals surface area (Å²) in [6.45, 7) is 0.848. The Balaban J connectivity index is 2.07. The van der Waals surface area contributed by atoms with E-state index < -0.39 is 6.04 Å². The molecule has 0 spiro atoms. The van der Waals surface area contributed by atoms with Gasteiger partial charge in [0.05, 0.1) is 0 Å². The van der Waals surface area contributed by atoms with E-state index in [0.29, 0.717) is 10.3 Å². The number of carbonyl (C=O) groups excluding carboxylic acids is 1. The van der Waals surface area contributed by atoms with Gasteiger partial charge in [-0.1, -0.05) is 11.6 Å². The van der Waals surface area contributed by atoms with Crippen molar-refractivity contribution >= 4 is 44.8 Å². The minimum Gasteiger partial charge on any atom is -0.368 e. The van der Waals surface area contributed by atoms with Gasteiger partial charge in [0.25, 0.3) is 0 Å². The van der Waals surface area contributed by atoms with E-state index in [4.69, 9.17) is 17.3 Å². The number of amides is 1. The molecular formula is C10H12BrClN2OS. The van der Waals surface area contributed by atoms with Crippen LogP contribution in [0, 0.1) is 5.92 Å². The van der Waals surface area contributed by atoms with Gasteiger partial charge in [0.1, 0.15) is 10.4 Å². The van der Waals surface area contributed by atoms with Crippen LogP contribution < -0.4 is 11.1 Å². The van der Waals surface area contributed by atoms with Crippen LogP contribution in [0.25, 0.3) is 0 Å². The highest BCUT2D eigenvalue weighted by molar-refractivity contribution is 9.10. The van der Waals surface area contributed by atoms with Crippen LogP contribution in [0.3, 0.4) is 0 Å². The molecule has 3 N–H and O–H groups in total. The zero-order valence-electron chi connectivity index (χ0n) is 8.50. The summed E-state index contributed by atoms with van der Waals surface area (Å²) in [7, 11) is 0. The first kappa shape index (κ1) is 12.4. The summed E-state index contributed by atoms with van der Waals surface area (Å²) in [5, 5.41) is 3.19. The number of primary amides is 1. The summed E-state index contributed by atoms with van der Waals surface area (Å²) in [4.78, 5) is 12.2. The van der Waals surface area contributed by atoms with Crippen LogP contribution in [-0.4, -0.2) is 12.5 Å². The highest BCUT2D eigenvalue weighted by Crippen LogP contribution is 2.35. The fourth-order valence-corrected chi connectivity index (χ4v) is 3.27. The zero-order valence-corrected chi connectivity index (χ0v) is 11.7. The SMILES string of the molecule is NC(=O)C(NCC1CC1)c1cc(Br)c(Cl)s1. The Labute approximate surface area is 111 Å². The van der Waals surface area contributed by atoms with Crippen molar-refractivity contribution in [2.75, 3.05) is 6.54 Å². The van der Waals surface area contributed by atoms with Crippen molar-refractivity contribution in [3.63, 3.8) is 0 Å². The molecule has 0 saturated heterocycles. The molecule has 1 unspecified atom stereocenters. The Morgan fingerprint density at radius 2 is 2.44 bits per heavy atom. The summed E-state index contributed by atoms with van der Waals surface area (Å²) in [5.41, 5.74) is 5.38. The van der Waals surface area contributed by atoms with Gasteiger partial charge < -0.3 is 11.1 Å². The Morgan fingerprint density at radius 1 is 1.75 bits per heavy atom. The smallest absolute Gasteiger partial charge is 0.239 e. The molecule has 1 atom stereocenters. The molecule has 3 nitrogen and oxygen atoms in total. The minimum absolute atomic E-state index is 0.355. The van der Waals surface area contributed by atoms with E-state index in [1.807, 2.05) is 6.07 Å². The van der Waals surface area contributed by atoms with Crippen molar-refractivity contribution in [2.24, 2.45) is 11.7 Å². The second-order valence-corrected chi connectivity index (χ2v) is 6.50. The summed E-state index contributed by atoms with van der Waals surface area (Å²) < 4.78 is 1.46. The Morgan fingerprint density at radius 3 is 2.88 bits per heavy atom. The van der Waals surface area contributed by atoms with Gasteiger partial charge in [-0.05, 0) is 47.3 Å². The van der Waals surface area contributed by atoms with E-state index in [0.717, 1.165) is 15.9 Å². The fraction of sp³-hybridized carbons (Fsp3) is 0.500. The van der Waals surface area contributed by atoms with Crippen molar-refractivity contribution in [1.82, 2.24) is 5.32 Å². The molecular weight excluding hydrogens is 312 g/mol. The standard InChI is InChI=1S/C10H12BrClN2OS/c11-6-3-7(16-9(6)12)8(10(13)15)14-4-5-1-2-5/h3,5,8,14H,1-2,4H2,(H2,13,15). The molecule has 0 aliphatic heterocycles. The van der Waals surface area contributed by atoms with E-state index in [-0.39, 0.29) is 5.91 Å². The van der Waals surface area contributed by atoms with Gasteiger partial charge in [0.15, 0.2) is 0 Å². The highest BCUT2D eigenvalue weighted by Gasteiger charge is 2.26. The number of halogens is 2. The molecule has 1 aromatic heterocycles. The number of hydrogen-bond acceptors (Lipinski definition) is 3. The monoisotopic (exact) mass is 322 g/mol. The van der Waals surface area contributed by atoms with Crippen LogP contribution in [0.5, 0.6) is 0 Å². The first-order chi connectivity index (χ1) is 7.58. The van der Waals surface area contributed by atoms with Crippen LogP contribution in [0.2, 0.25) is 4.34 Å². The van der Waals surface area contributed by atoms with E-state index in [1.165, 1.54) is 24.2 Å². The number of carbonyl (C=O) groups is 1. The first-order valence-electron chi connectivity index (χ1n) is 5.05. The topological polar surface area (TPSA) is 55.1 Å². The van der Waals surface area contributed by atoms with Gasteiger partial charge in [-0.25, -0.2) is 0 Å². The van der Waals surface area contributed by atoms with Crippen LogP contribution in [-0.2, 0) is 4.79 Å². The lowest BCUT2D eigenvalue weighted by atomic mass is 10.2. The van der Waals surface area contributed by atoms with E-state index >= 15 is 0 Å². The van der Waals surface area contributed by atoms with Crippen LogP contribution in [0.15, 0.2) is 10.5 Å². The quantitative estimate of drug-likeness (QED) is 0.875. The molecule has 1 heterocycles. The maximum Gasteiger partial charge on any atom is 0.239 e. The van der Waals surface area contributed by atoms with Crippen molar-refractivity contribution in [3.05, 3.63) is 19.8 Å². The van der Waals surface area contributed by atoms with Crippen LogP contribution in [0.4, 0.5) is 0 Å². The predicted molar refractivity (Wildman–Crippen MR) is 69.7 cm³/mol. The third kappa shape index (κ3) is 2.97. The van der Waals surface area contributed by atoms with Crippen molar-refractivity contribution in [3.8, 4) is 0 Å². The Bertz CT molecular complexity index is 386. The second-order valence-electron chi connectivity index (χ2n) is 3.96. The third-order valence-corrected chi connectivity index (χ3v) is 5.08. The summed E-state index contributed by atoms with van der Waals surface area (Å²) >= 11 is 10.6. The average molecular weight is 324 g/mol. The molecule has 0 aromatic carbocycles. The molecule has 1 aliphatic carbocycles. The number of nitrogens with one attached hydrogen (secondary N) is 1. The number of hydrogen-bond donors (Lipinski definition) is 2. The largest absolute Gasteiger partial charge is 0.368 e. The van der Waals surface area contributed by atoms with E-state index in [9.17, 15) is 4.79 Å². The number of thiophene rings is 1. The van der Waals surface area contributed by atoms with Gasteiger partial charge in [-0.15, -0.1) is 11.3 Å². The minimum atomic E-state index is -0.422. The molecule has 1 amide bonds. The summed E-state index contributed by atoms with van der Waals surface area (Å²) in [6, 6.07) is 1.43. The molecule has 1 fully saturated rings. The molecule has 1 aromatic rings. The average Bonchev–Trinajstić information content (AvgIpc) is 2.95. The van der Waals surface area contributed by atoms with Gasteiger partial charge in [-0.2, -0.15) is 0 Å². The lowest BCUT2D eigenvalue weighted by molar-refractivity contribution is -0.120. The third-order valence-electron chi connectivity index (χ3n) is 2.54. The van der Waals surface area contributed by atoms with Crippen molar-refractivity contribution in [2.45, 2.75) is 18.9 Å². The summed E-state index contributed by atoms with van der Waals surface area (Å²) in [6.07, 6.45) is 2.49. The molecule has 0 radical (unpaired) electrons. The predicted octanol–water partition coefficient (Wildman–Crippen LogP) is 2.69. The molecule has 2 rings (SSSR count). The maximum absolute atomic E-state index is 11.4. The number of nitrogens with two attached hydrogens (primary N) is 1. The molecule has 6 heteroatoms. The van der Waals surface area contributed by atoms with Crippen LogP contribution >= 0.6 is 38.9 Å². The molecule has 88 valence electrons. The first-order valence-corrected chi connectivity index (χ1v) is 7.04. The molecule has 16 heavy (non-hydrogen) atoms. The van der Waals surface area contributed by atoms with Crippen molar-refractivity contribution in [1.29, 1.82) is 0 Å². The van der Waals surface area contributed by atoms with Gasteiger partial charge in [0.2, 0.25) is 5.91 Å². The second kappa shape index (κ2) is 5.04. The summed E-state index contributed by atoms with van der Waals surface area (Å²) in [5.74, 6) is 0.354. The zero-order chi connectivity index (χ0) is 11.7. The normalized spacial score (nSPS) is 17.4. The van der Waals surface area contributed by atoms with Gasteiger partial charge in [0, 0.05) is 9.35 Å². The van der Waals surface area contributed by atoms with Crippen molar-refractivity contribution < 1.29 is 4.79 Å². The maximum atomic E-state index is 11.4. The van der Waals surface area contributed by atoms with Crippen LogP contribution in [0.1, 0.15) is 23.8 Å². The van der Waals surface area contributed by atoms with Gasteiger partial charge >= 0.3 is 0 Å². The van der Waals surface area contributed by atoms with E-state index in [2.05, 4.69) is 21.2 Å².